The van der Waals surface area contributed by atoms with Crippen LogP contribution >= 0.6 is 0 Å². The van der Waals surface area contributed by atoms with Crippen molar-refractivity contribution in [1.82, 2.24) is 5.32 Å². The number of nitrogens with one attached hydrogen (secondary N) is 1. The first-order valence-corrected chi connectivity index (χ1v) is 24.3. The quantitative estimate of drug-likeness (QED) is 0.0367. The molecule has 0 aromatic carbocycles. The Morgan fingerprint density at radius 1 is 0.436 bits per heavy atom. The van der Waals surface area contributed by atoms with Gasteiger partial charge in [0.2, 0.25) is 5.91 Å². The smallest absolute Gasteiger partial charge is 0.249 e. The van der Waals surface area contributed by atoms with Crippen molar-refractivity contribution in [3.63, 3.8) is 0 Å². The summed E-state index contributed by atoms with van der Waals surface area (Å²) >= 11 is 0. The molecule has 0 aliphatic heterocycles. The van der Waals surface area contributed by atoms with Gasteiger partial charge in [-0.05, 0) is 57.8 Å². The molecule has 0 heterocycles. The first-order valence-electron chi connectivity index (χ1n) is 24.3. The number of hydrogen-bond donors (Lipinski definition) is 4. The maximum Gasteiger partial charge on any atom is 0.249 e. The largest absolute Gasteiger partial charge is 0.394 e. The van der Waals surface area contributed by atoms with Crippen LogP contribution < -0.4 is 5.32 Å². The average molecular weight is 774 g/mol. The number of carbonyl (C=O) groups is 1. The standard InChI is InChI=1S/C50H95NO4/c1-3-5-7-9-11-13-15-17-19-21-23-25-27-29-31-33-35-37-39-41-43-45-49(54)50(55)51-47(46-52)48(53)44-42-40-38-36-34-32-30-28-26-24-22-20-18-16-14-12-10-8-6-4-2/h27,29,34,36,42,44,47-49,52-54H,3-26,28,30-33,35,37-41,43,45-46H2,1-2H3,(H,51,55)/b29-27-,36-34+,44-42+. The van der Waals surface area contributed by atoms with Crippen molar-refractivity contribution in [2.24, 2.45) is 0 Å². The SMILES string of the molecule is CCCCCCCCCCCCC/C=C\CCCCCCCCC(O)C(=O)NC(CO)C(O)/C=C/CC/C=C/CCCCCCCCCCCCCCCC. The van der Waals surface area contributed by atoms with E-state index in [1.54, 1.807) is 6.08 Å². The van der Waals surface area contributed by atoms with E-state index in [1.165, 1.54) is 193 Å². The van der Waals surface area contributed by atoms with Crippen LogP contribution in [0.1, 0.15) is 251 Å². The van der Waals surface area contributed by atoms with Crippen molar-refractivity contribution in [3.8, 4) is 0 Å². The summed E-state index contributed by atoms with van der Waals surface area (Å²) in [7, 11) is 0. The third kappa shape index (κ3) is 40.6. The molecule has 0 aromatic rings. The van der Waals surface area contributed by atoms with Crippen molar-refractivity contribution in [3.05, 3.63) is 36.5 Å². The van der Waals surface area contributed by atoms with Crippen LogP contribution in [-0.4, -0.2) is 46.1 Å². The Morgan fingerprint density at radius 3 is 1.11 bits per heavy atom. The van der Waals surface area contributed by atoms with E-state index in [1.807, 2.05) is 6.08 Å². The maximum absolute atomic E-state index is 12.5. The van der Waals surface area contributed by atoms with Crippen LogP contribution in [0.4, 0.5) is 0 Å². The zero-order valence-electron chi connectivity index (χ0n) is 36.8. The van der Waals surface area contributed by atoms with E-state index in [0.29, 0.717) is 6.42 Å². The summed E-state index contributed by atoms with van der Waals surface area (Å²) in [6.07, 6.45) is 57.6. The molecule has 0 fully saturated rings. The van der Waals surface area contributed by atoms with Crippen LogP contribution in [-0.2, 0) is 4.79 Å². The molecule has 55 heavy (non-hydrogen) atoms. The van der Waals surface area contributed by atoms with Crippen molar-refractivity contribution in [1.29, 1.82) is 0 Å². The molecule has 0 aliphatic carbocycles. The van der Waals surface area contributed by atoms with E-state index >= 15 is 0 Å². The monoisotopic (exact) mass is 774 g/mol. The van der Waals surface area contributed by atoms with E-state index < -0.39 is 24.2 Å². The van der Waals surface area contributed by atoms with Crippen LogP contribution in [0.2, 0.25) is 0 Å². The number of aliphatic hydroxyl groups is 3. The minimum atomic E-state index is -1.11. The number of amides is 1. The molecule has 0 saturated carbocycles. The number of hydrogen-bond acceptors (Lipinski definition) is 4. The fourth-order valence-corrected chi connectivity index (χ4v) is 7.37. The molecular formula is C50H95NO4. The normalized spacial score (nSPS) is 13.8. The second kappa shape index (κ2) is 45.3. The predicted octanol–water partition coefficient (Wildman–Crippen LogP) is 14.3. The molecule has 0 radical (unpaired) electrons. The molecule has 0 rings (SSSR count). The molecule has 324 valence electrons. The zero-order chi connectivity index (χ0) is 40.1. The van der Waals surface area contributed by atoms with E-state index in [0.717, 1.165) is 38.5 Å². The number of aliphatic hydroxyl groups excluding tert-OH is 3. The lowest BCUT2D eigenvalue weighted by molar-refractivity contribution is -0.131. The summed E-state index contributed by atoms with van der Waals surface area (Å²) in [4.78, 5) is 12.5. The van der Waals surface area contributed by atoms with Crippen LogP contribution in [0, 0.1) is 0 Å². The van der Waals surface area contributed by atoms with Crippen molar-refractivity contribution in [2.75, 3.05) is 6.61 Å². The van der Waals surface area contributed by atoms with Gasteiger partial charge in [-0.15, -0.1) is 0 Å². The van der Waals surface area contributed by atoms with Gasteiger partial charge in [0.05, 0.1) is 18.8 Å². The highest BCUT2D eigenvalue weighted by molar-refractivity contribution is 5.80. The Balaban J connectivity index is 3.68. The van der Waals surface area contributed by atoms with Gasteiger partial charge in [-0.1, -0.05) is 230 Å². The maximum atomic E-state index is 12.5. The molecule has 0 spiro atoms. The van der Waals surface area contributed by atoms with Crippen molar-refractivity contribution >= 4 is 5.91 Å². The van der Waals surface area contributed by atoms with Crippen molar-refractivity contribution in [2.45, 2.75) is 270 Å². The van der Waals surface area contributed by atoms with Crippen molar-refractivity contribution < 1.29 is 20.1 Å². The van der Waals surface area contributed by atoms with Gasteiger partial charge in [0.1, 0.15) is 6.10 Å². The van der Waals surface area contributed by atoms with Gasteiger partial charge in [-0.2, -0.15) is 0 Å². The summed E-state index contributed by atoms with van der Waals surface area (Å²) in [5.74, 6) is -0.516. The van der Waals surface area contributed by atoms with Gasteiger partial charge in [0, 0.05) is 0 Å². The van der Waals surface area contributed by atoms with Gasteiger partial charge in [0.25, 0.3) is 0 Å². The number of unbranched alkanes of at least 4 members (excludes halogenated alkanes) is 32. The Bertz CT molecular complexity index is 855. The van der Waals surface area contributed by atoms with Crippen LogP contribution in [0.15, 0.2) is 36.5 Å². The third-order valence-electron chi connectivity index (χ3n) is 11.2. The molecule has 0 aliphatic rings. The number of allylic oxidation sites excluding steroid dienone is 5. The van der Waals surface area contributed by atoms with E-state index in [4.69, 9.17) is 0 Å². The highest BCUT2D eigenvalue weighted by Crippen LogP contribution is 2.15. The van der Waals surface area contributed by atoms with Crippen LogP contribution in [0.25, 0.3) is 0 Å². The zero-order valence-corrected chi connectivity index (χ0v) is 36.8. The lowest BCUT2D eigenvalue weighted by atomic mass is 10.0. The lowest BCUT2D eigenvalue weighted by Crippen LogP contribution is -2.48. The molecule has 5 nitrogen and oxygen atoms in total. The first kappa shape index (κ1) is 53.6. The Hall–Kier alpha value is -1.43. The van der Waals surface area contributed by atoms with E-state index in [-0.39, 0.29) is 6.61 Å². The summed E-state index contributed by atoms with van der Waals surface area (Å²) in [5.41, 5.74) is 0. The van der Waals surface area contributed by atoms with Gasteiger partial charge in [-0.25, -0.2) is 0 Å². The fraction of sp³-hybridized carbons (Fsp3) is 0.860. The second-order valence-electron chi connectivity index (χ2n) is 16.7. The minimum Gasteiger partial charge on any atom is -0.394 e. The Labute approximate surface area is 343 Å². The summed E-state index contributed by atoms with van der Waals surface area (Å²) in [5, 5.41) is 33.2. The van der Waals surface area contributed by atoms with E-state index in [2.05, 4.69) is 43.5 Å². The molecule has 0 saturated heterocycles. The fourth-order valence-electron chi connectivity index (χ4n) is 7.37. The average Bonchev–Trinajstić information content (AvgIpc) is 3.19. The van der Waals surface area contributed by atoms with E-state index in [9.17, 15) is 20.1 Å². The molecular weight excluding hydrogens is 679 g/mol. The Kier molecular flexibility index (Phi) is 44.1. The summed E-state index contributed by atoms with van der Waals surface area (Å²) in [6.45, 7) is 4.19. The summed E-state index contributed by atoms with van der Waals surface area (Å²) in [6, 6.07) is -0.817. The highest BCUT2D eigenvalue weighted by atomic mass is 16.3. The third-order valence-corrected chi connectivity index (χ3v) is 11.2. The second-order valence-corrected chi connectivity index (χ2v) is 16.7. The summed E-state index contributed by atoms with van der Waals surface area (Å²) < 4.78 is 0. The topological polar surface area (TPSA) is 89.8 Å². The molecule has 0 bridgehead atoms. The molecule has 3 atom stereocenters. The van der Waals surface area contributed by atoms with Gasteiger partial charge in [0.15, 0.2) is 0 Å². The predicted molar refractivity (Wildman–Crippen MR) is 241 cm³/mol. The molecule has 4 N–H and O–H groups in total. The Morgan fingerprint density at radius 2 is 0.745 bits per heavy atom. The first-order chi connectivity index (χ1) is 27.1. The minimum absolute atomic E-state index is 0.377. The van der Waals surface area contributed by atoms with Crippen LogP contribution in [0.3, 0.4) is 0 Å². The molecule has 0 aromatic heterocycles. The molecule has 3 unspecified atom stereocenters. The lowest BCUT2D eigenvalue weighted by Gasteiger charge is -2.21. The number of carbonyl (C=O) groups excluding carboxylic acids is 1. The highest BCUT2D eigenvalue weighted by Gasteiger charge is 2.22. The van der Waals surface area contributed by atoms with Gasteiger partial charge in [-0.3, -0.25) is 4.79 Å². The molecule has 1 amide bonds. The number of rotatable bonds is 44. The van der Waals surface area contributed by atoms with Gasteiger partial charge < -0.3 is 20.6 Å². The van der Waals surface area contributed by atoms with Gasteiger partial charge >= 0.3 is 0 Å². The molecule has 5 heteroatoms. The van der Waals surface area contributed by atoms with Crippen LogP contribution in [0.5, 0.6) is 0 Å².